The predicted octanol–water partition coefficient (Wildman–Crippen LogP) is 3.22. The number of hydrogen-bond acceptors (Lipinski definition) is 3. The van der Waals surface area contributed by atoms with Gasteiger partial charge >= 0.3 is 0 Å². The van der Waals surface area contributed by atoms with Crippen LogP contribution in [0.4, 0.5) is 5.69 Å². The van der Waals surface area contributed by atoms with E-state index in [1.807, 2.05) is 0 Å². The first-order chi connectivity index (χ1) is 6.76. The van der Waals surface area contributed by atoms with Crippen molar-refractivity contribution in [3.8, 4) is 0 Å². The van der Waals surface area contributed by atoms with Gasteiger partial charge in [0.05, 0.1) is 7.11 Å². The molecule has 6 heteroatoms. The molecule has 0 aromatic heterocycles. The molecule has 0 amide bonds. The molecule has 0 spiro atoms. The van der Waals surface area contributed by atoms with E-state index >= 15 is 0 Å². The van der Waals surface area contributed by atoms with Crippen molar-refractivity contribution in [2.75, 3.05) is 7.11 Å². The van der Waals surface area contributed by atoms with Gasteiger partial charge in [0.2, 0.25) is 0 Å². The van der Waals surface area contributed by atoms with Gasteiger partial charge in [-0.2, -0.15) is 0 Å². The lowest BCUT2D eigenvalue weighted by atomic mass is 10.1. The number of halogens is 1. The van der Waals surface area contributed by atoms with Crippen LogP contribution < -0.4 is 0 Å². The lowest BCUT2D eigenvalue weighted by Gasteiger charge is -2.02. The van der Waals surface area contributed by atoms with Crippen LogP contribution in [0.2, 0.25) is 0 Å². The van der Waals surface area contributed by atoms with Crippen LogP contribution in [-0.2, 0) is 11.2 Å². The predicted molar refractivity (Wildman–Crippen MR) is 60.9 cm³/mol. The molecule has 1 rings (SSSR count). The minimum atomic E-state index is 0. The third-order valence-corrected chi connectivity index (χ3v) is 1.71. The first-order valence-electron chi connectivity index (χ1n) is 4.01. The highest BCUT2D eigenvalue weighted by Crippen LogP contribution is 2.13. The summed E-state index contributed by atoms with van der Waals surface area (Å²) in [5.74, 6) is 0.210. The van der Waals surface area contributed by atoms with Gasteiger partial charge in [0.25, 0.3) is 0 Å². The number of nitrogens with zero attached hydrogens (tertiary/aromatic N) is 3. The van der Waals surface area contributed by atoms with Crippen molar-refractivity contribution in [2.45, 2.75) is 6.42 Å². The molecule has 0 bridgehead atoms. The van der Waals surface area contributed by atoms with Gasteiger partial charge in [0, 0.05) is 17.0 Å². The zero-order valence-electron chi connectivity index (χ0n) is 8.17. The third kappa shape index (κ3) is 4.35. The minimum absolute atomic E-state index is 0. The molecule has 0 saturated carbocycles. The van der Waals surface area contributed by atoms with Gasteiger partial charge < -0.3 is 4.74 Å². The highest BCUT2D eigenvalue weighted by Gasteiger charge is 1.98. The summed E-state index contributed by atoms with van der Waals surface area (Å²) >= 11 is 0. The summed E-state index contributed by atoms with van der Waals surface area (Å²) in [4.78, 5) is 2.67. The van der Waals surface area contributed by atoms with Gasteiger partial charge in [-0.25, -0.2) is 0 Å². The van der Waals surface area contributed by atoms with Crippen LogP contribution in [0.15, 0.2) is 29.4 Å². The third-order valence-electron chi connectivity index (χ3n) is 1.71. The highest BCUT2D eigenvalue weighted by molar-refractivity contribution is 5.85. The largest absolute Gasteiger partial charge is 0.484 e. The Kier molecular flexibility index (Phi) is 5.94. The topological polar surface area (TPSA) is 81.8 Å². The maximum absolute atomic E-state index is 8.18. The van der Waals surface area contributed by atoms with Gasteiger partial charge in [0.1, 0.15) is 0 Å². The summed E-state index contributed by atoms with van der Waals surface area (Å²) in [5.41, 5.74) is 9.70. The molecule has 0 heterocycles. The van der Waals surface area contributed by atoms with Gasteiger partial charge in [-0.05, 0) is 11.1 Å². The standard InChI is InChI=1S/C9H10N4O.ClH/c1-14-9(10)6-7-2-4-8(5-3-7)12-13-11;/h2-5,10H,6H2,1H3;1H. The molecule has 1 aromatic rings. The van der Waals surface area contributed by atoms with E-state index < -0.39 is 0 Å². The van der Waals surface area contributed by atoms with Crippen molar-refractivity contribution in [1.29, 1.82) is 5.41 Å². The molecule has 0 atom stereocenters. The Morgan fingerprint density at radius 3 is 2.53 bits per heavy atom. The molecular weight excluding hydrogens is 216 g/mol. The van der Waals surface area contributed by atoms with E-state index in [9.17, 15) is 0 Å². The number of nitrogens with one attached hydrogen (secondary N) is 1. The Labute approximate surface area is 93.6 Å². The summed E-state index contributed by atoms with van der Waals surface area (Å²) in [6, 6.07) is 7.02. The monoisotopic (exact) mass is 226 g/mol. The lowest BCUT2D eigenvalue weighted by Crippen LogP contribution is -2.02. The molecule has 0 aliphatic rings. The van der Waals surface area contributed by atoms with Crippen LogP contribution in [0.25, 0.3) is 10.4 Å². The molecule has 0 aliphatic heterocycles. The van der Waals surface area contributed by atoms with E-state index in [4.69, 9.17) is 15.7 Å². The van der Waals surface area contributed by atoms with Gasteiger partial charge in [0.15, 0.2) is 5.90 Å². The Morgan fingerprint density at radius 2 is 2.07 bits per heavy atom. The smallest absolute Gasteiger partial charge is 0.184 e. The molecule has 15 heavy (non-hydrogen) atoms. The molecule has 0 fully saturated rings. The van der Waals surface area contributed by atoms with Gasteiger partial charge in [-0.15, -0.1) is 12.4 Å². The fraction of sp³-hybridized carbons (Fsp3) is 0.222. The molecule has 0 saturated heterocycles. The number of azide groups is 1. The number of hydrogen-bond donors (Lipinski definition) is 1. The highest BCUT2D eigenvalue weighted by atomic mass is 35.5. The van der Waals surface area contributed by atoms with Crippen LogP contribution in [0, 0.1) is 5.41 Å². The molecule has 80 valence electrons. The van der Waals surface area contributed by atoms with Crippen molar-refractivity contribution in [3.63, 3.8) is 0 Å². The average molecular weight is 227 g/mol. The molecule has 1 aromatic carbocycles. The second kappa shape index (κ2) is 6.70. The number of ether oxygens (including phenoxy) is 1. The molecular formula is C9H11ClN4O. The van der Waals surface area contributed by atoms with Crippen LogP contribution in [0.1, 0.15) is 5.56 Å². The first-order valence-corrected chi connectivity index (χ1v) is 4.01. The van der Waals surface area contributed by atoms with Crippen LogP contribution in [-0.4, -0.2) is 13.0 Å². The Balaban J connectivity index is 0.00000196. The average Bonchev–Trinajstić information content (AvgIpc) is 2.21. The number of rotatable bonds is 3. The van der Waals surface area contributed by atoms with Crippen LogP contribution in [0.5, 0.6) is 0 Å². The molecule has 5 nitrogen and oxygen atoms in total. The van der Waals surface area contributed by atoms with E-state index in [1.165, 1.54) is 7.11 Å². The molecule has 0 radical (unpaired) electrons. The van der Waals surface area contributed by atoms with Crippen molar-refractivity contribution < 1.29 is 4.74 Å². The second-order valence-corrected chi connectivity index (χ2v) is 2.66. The Hall–Kier alpha value is -1.71. The summed E-state index contributed by atoms with van der Waals surface area (Å²) in [7, 11) is 1.47. The number of methoxy groups -OCH3 is 1. The summed E-state index contributed by atoms with van der Waals surface area (Å²) in [6.45, 7) is 0. The van der Waals surface area contributed by atoms with Crippen LogP contribution >= 0.6 is 12.4 Å². The first kappa shape index (κ1) is 13.3. The normalized spacial score (nSPS) is 8.33. The fourth-order valence-electron chi connectivity index (χ4n) is 0.990. The SMILES string of the molecule is COC(=N)Cc1ccc(N=[N+]=[N-])cc1.Cl. The van der Waals surface area contributed by atoms with E-state index in [0.717, 1.165) is 5.56 Å². The van der Waals surface area contributed by atoms with E-state index in [0.29, 0.717) is 12.1 Å². The molecule has 0 unspecified atom stereocenters. The zero-order chi connectivity index (χ0) is 10.4. The second-order valence-electron chi connectivity index (χ2n) is 2.66. The van der Waals surface area contributed by atoms with Crippen molar-refractivity contribution >= 4 is 24.0 Å². The van der Waals surface area contributed by atoms with Crippen molar-refractivity contribution in [2.24, 2.45) is 5.11 Å². The van der Waals surface area contributed by atoms with E-state index in [2.05, 4.69) is 10.0 Å². The Morgan fingerprint density at radius 1 is 1.47 bits per heavy atom. The lowest BCUT2D eigenvalue weighted by molar-refractivity contribution is 0.390. The van der Waals surface area contributed by atoms with Gasteiger partial charge in [-0.1, -0.05) is 29.4 Å². The number of benzene rings is 1. The van der Waals surface area contributed by atoms with E-state index in [1.54, 1.807) is 24.3 Å². The van der Waals surface area contributed by atoms with Crippen molar-refractivity contribution in [3.05, 3.63) is 40.3 Å². The fourth-order valence-corrected chi connectivity index (χ4v) is 0.990. The van der Waals surface area contributed by atoms with Gasteiger partial charge in [-0.3, -0.25) is 5.41 Å². The quantitative estimate of drug-likeness (QED) is 0.277. The summed E-state index contributed by atoms with van der Waals surface area (Å²) in [5, 5.41) is 10.7. The maximum Gasteiger partial charge on any atom is 0.184 e. The zero-order valence-corrected chi connectivity index (χ0v) is 8.99. The van der Waals surface area contributed by atoms with E-state index in [-0.39, 0.29) is 18.3 Å². The maximum atomic E-state index is 8.18. The summed E-state index contributed by atoms with van der Waals surface area (Å²) in [6.07, 6.45) is 0.451. The minimum Gasteiger partial charge on any atom is -0.484 e. The molecule has 1 N–H and O–H groups in total. The van der Waals surface area contributed by atoms with Crippen molar-refractivity contribution in [1.82, 2.24) is 0 Å². The Bertz CT molecular complexity index is 370. The van der Waals surface area contributed by atoms with Crippen LogP contribution in [0.3, 0.4) is 0 Å². The molecule has 0 aliphatic carbocycles. The summed E-state index contributed by atoms with van der Waals surface area (Å²) < 4.78 is 4.73.